The Morgan fingerprint density at radius 2 is 1.91 bits per heavy atom. The van der Waals surface area contributed by atoms with Gasteiger partial charge in [0.25, 0.3) is 5.91 Å². The quantitative estimate of drug-likeness (QED) is 0.409. The van der Waals surface area contributed by atoms with Crippen molar-refractivity contribution >= 4 is 17.2 Å². The van der Waals surface area contributed by atoms with E-state index in [-0.39, 0.29) is 18.2 Å². The van der Waals surface area contributed by atoms with E-state index in [1.807, 2.05) is 26.0 Å². The normalized spacial score (nSPS) is 12.0. The number of amides is 1. The Balaban J connectivity index is 1.66. The van der Waals surface area contributed by atoms with Crippen LogP contribution < -0.4 is 10.1 Å². The third-order valence-corrected chi connectivity index (χ3v) is 4.74. The Hall–Kier alpha value is -3.82. The Kier molecular flexibility index (Phi) is 6.11. The largest absolute Gasteiger partial charge is 0.490 e. The second kappa shape index (κ2) is 9.13. The lowest BCUT2D eigenvalue weighted by molar-refractivity contribution is 0.0538. The van der Waals surface area contributed by atoms with E-state index in [0.717, 1.165) is 11.4 Å². The number of aliphatic hydroxyl groups excluding tert-OH is 2. The molecule has 1 aromatic carbocycles. The monoisotopic (exact) mass is 433 g/mol. The number of nitrogens with zero attached hydrogens (tertiary/aromatic N) is 4. The maximum atomic E-state index is 12.9. The van der Waals surface area contributed by atoms with Crippen LogP contribution in [0.3, 0.4) is 0 Å². The molecule has 3 aromatic heterocycles. The highest BCUT2D eigenvalue weighted by molar-refractivity contribution is 6.03. The number of aromatic nitrogens is 4. The molecule has 0 radical (unpaired) electrons. The smallest absolute Gasteiger partial charge is 0.276 e. The van der Waals surface area contributed by atoms with Crippen molar-refractivity contribution in [3.8, 4) is 17.0 Å². The molecule has 0 fully saturated rings. The molecule has 164 valence electrons. The first-order chi connectivity index (χ1) is 15.4. The second-order valence-corrected chi connectivity index (χ2v) is 7.37. The molecule has 4 rings (SSSR count). The van der Waals surface area contributed by atoms with E-state index in [2.05, 4.69) is 20.4 Å². The van der Waals surface area contributed by atoms with Gasteiger partial charge in [-0.25, -0.2) is 9.50 Å². The molecular formula is C23H23N5O4. The number of aliphatic hydroxyl groups is 2. The summed E-state index contributed by atoms with van der Waals surface area (Å²) in [4.78, 5) is 21.5. The number of benzene rings is 1. The Morgan fingerprint density at radius 1 is 1.16 bits per heavy atom. The number of rotatable bonds is 7. The first-order valence-corrected chi connectivity index (χ1v) is 10.1. The molecule has 0 aliphatic rings. The third-order valence-electron chi connectivity index (χ3n) is 4.74. The van der Waals surface area contributed by atoms with Gasteiger partial charge in [-0.1, -0.05) is 12.1 Å². The number of nitrogens with one attached hydrogen (secondary N) is 1. The lowest BCUT2D eigenvalue weighted by Gasteiger charge is -2.13. The van der Waals surface area contributed by atoms with E-state index in [1.54, 1.807) is 36.4 Å². The molecule has 0 spiro atoms. The predicted molar refractivity (Wildman–Crippen MR) is 119 cm³/mol. The number of ether oxygens (including phenoxy) is 1. The van der Waals surface area contributed by atoms with Crippen LogP contribution in [0.1, 0.15) is 21.9 Å². The summed E-state index contributed by atoms with van der Waals surface area (Å²) in [6, 6.07) is 14.4. The molecule has 9 heteroatoms. The average molecular weight is 433 g/mol. The van der Waals surface area contributed by atoms with Crippen molar-refractivity contribution in [1.82, 2.24) is 19.6 Å². The van der Waals surface area contributed by atoms with Crippen LogP contribution in [0.5, 0.6) is 5.75 Å². The number of fused-ring (bicyclic) bond motifs is 1. The summed E-state index contributed by atoms with van der Waals surface area (Å²) in [5.74, 6) is 0.156. The molecule has 0 bridgehead atoms. The number of anilines is 1. The first-order valence-electron chi connectivity index (χ1n) is 10.1. The van der Waals surface area contributed by atoms with Gasteiger partial charge in [-0.2, -0.15) is 5.10 Å². The van der Waals surface area contributed by atoms with Gasteiger partial charge in [0.15, 0.2) is 11.3 Å². The lowest BCUT2D eigenvalue weighted by Crippen LogP contribution is -2.21. The van der Waals surface area contributed by atoms with Crippen molar-refractivity contribution in [3.63, 3.8) is 0 Å². The molecule has 9 nitrogen and oxygen atoms in total. The maximum Gasteiger partial charge on any atom is 0.276 e. The molecule has 3 heterocycles. The fourth-order valence-corrected chi connectivity index (χ4v) is 3.32. The van der Waals surface area contributed by atoms with Crippen LogP contribution in [0.15, 0.2) is 54.7 Å². The highest BCUT2D eigenvalue weighted by atomic mass is 16.5. The average Bonchev–Trinajstić information content (AvgIpc) is 3.20. The van der Waals surface area contributed by atoms with E-state index < -0.39 is 12.7 Å². The highest BCUT2D eigenvalue weighted by Gasteiger charge is 2.16. The molecule has 0 aliphatic carbocycles. The Bertz CT molecular complexity index is 1250. The van der Waals surface area contributed by atoms with E-state index in [9.17, 15) is 9.90 Å². The fraction of sp³-hybridized carbons (Fsp3) is 0.217. The van der Waals surface area contributed by atoms with Crippen molar-refractivity contribution in [1.29, 1.82) is 0 Å². The van der Waals surface area contributed by atoms with Gasteiger partial charge in [0.1, 0.15) is 18.5 Å². The third kappa shape index (κ3) is 4.58. The van der Waals surface area contributed by atoms with Gasteiger partial charge in [-0.3, -0.25) is 9.78 Å². The summed E-state index contributed by atoms with van der Waals surface area (Å²) >= 11 is 0. The van der Waals surface area contributed by atoms with Crippen LogP contribution >= 0.6 is 0 Å². The van der Waals surface area contributed by atoms with Crippen molar-refractivity contribution in [3.05, 3.63) is 71.8 Å². The van der Waals surface area contributed by atoms with Crippen LogP contribution in [0, 0.1) is 13.8 Å². The lowest BCUT2D eigenvalue weighted by atomic mass is 10.1. The zero-order valence-corrected chi connectivity index (χ0v) is 17.7. The van der Waals surface area contributed by atoms with Crippen LogP contribution in [-0.4, -0.2) is 55.0 Å². The van der Waals surface area contributed by atoms with Crippen molar-refractivity contribution in [2.45, 2.75) is 20.0 Å². The minimum atomic E-state index is -0.983. The summed E-state index contributed by atoms with van der Waals surface area (Å²) < 4.78 is 7.13. The van der Waals surface area contributed by atoms with Crippen LogP contribution in [-0.2, 0) is 0 Å². The standard InChI is InChI=1S/C23H23N5O4/c1-14-9-16(10-15(2)25-14)26-23(31)20-11-24-22-8-7-19(27-28(20)22)18-5-3-4-6-21(18)32-13-17(30)12-29/h3-11,17,29-30H,12-13H2,1-2H3,(H,25,26,31)/t17-/m1/s1. The van der Waals surface area contributed by atoms with Crippen LogP contribution in [0.2, 0.25) is 0 Å². The molecule has 0 saturated carbocycles. The zero-order valence-electron chi connectivity index (χ0n) is 17.7. The van der Waals surface area contributed by atoms with Gasteiger partial charge in [-0.15, -0.1) is 0 Å². The predicted octanol–water partition coefficient (Wildman–Crippen LogP) is 2.39. The summed E-state index contributed by atoms with van der Waals surface area (Å²) in [7, 11) is 0. The first kappa shape index (κ1) is 21.4. The van der Waals surface area contributed by atoms with Gasteiger partial charge in [-0.05, 0) is 50.2 Å². The molecule has 0 unspecified atom stereocenters. The van der Waals surface area contributed by atoms with E-state index >= 15 is 0 Å². The minimum Gasteiger partial charge on any atom is -0.490 e. The minimum absolute atomic E-state index is 0.0563. The number of carbonyl (C=O) groups is 1. The molecule has 4 aromatic rings. The topological polar surface area (TPSA) is 122 Å². The van der Waals surface area contributed by atoms with E-state index in [4.69, 9.17) is 9.84 Å². The van der Waals surface area contributed by atoms with E-state index in [1.165, 1.54) is 10.7 Å². The number of aryl methyl sites for hydroxylation is 2. The van der Waals surface area contributed by atoms with Gasteiger partial charge >= 0.3 is 0 Å². The molecular weight excluding hydrogens is 410 g/mol. The molecule has 3 N–H and O–H groups in total. The zero-order chi connectivity index (χ0) is 22.7. The fourth-order valence-electron chi connectivity index (χ4n) is 3.32. The Morgan fingerprint density at radius 3 is 2.66 bits per heavy atom. The molecule has 0 saturated heterocycles. The number of carbonyl (C=O) groups excluding carboxylic acids is 1. The number of hydrogen-bond donors (Lipinski definition) is 3. The maximum absolute atomic E-state index is 12.9. The number of imidazole rings is 1. The number of hydrogen-bond acceptors (Lipinski definition) is 7. The molecule has 1 atom stereocenters. The molecule has 32 heavy (non-hydrogen) atoms. The van der Waals surface area contributed by atoms with Crippen LogP contribution in [0.4, 0.5) is 5.69 Å². The van der Waals surface area contributed by atoms with Crippen LogP contribution in [0.25, 0.3) is 16.9 Å². The van der Waals surface area contributed by atoms with Crippen molar-refractivity contribution < 1.29 is 19.7 Å². The molecule has 1 amide bonds. The summed E-state index contributed by atoms with van der Waals surface area (Å²) in [6.45, 7) is 3.28. The summed E-state index contributed by atoms with van der Waals surface area (Å²) in [5, 5.41) is 26.1. The molecule has 0 aliphatic heterocycles. The summed E-state index contributed by atoms with van der Waals surface area (Å²) in [6.07, 6.45) is 0.491. The van der Waals surface area contributed by atoms with Crippen molar-refractivity contribution in [2.75, 3.05) is 18.5 Å². The number of para-hydroxylation sites is 1. The van der Waals surface area contributed by atoms with Gasteiger partial charge in [0, 0.05) is 22.6 Å². The summed E-state index contributed by atoms with van der Waals surface area (Å²) in [5.41, 5.74) is 4.31. The second-order valence-electron chi connectivity index (χ2n) is 7.37. The van der Waals surface area contributed by atoms with Gasteiger partial charge < -0.3 is 20.3 Å². The van der Waals surface area contributed by atoms with Crippen molar-refractivity contribution in [2.24, 2.45) is 0 Å². The van der Waals surface area contributed by atoms with Gasteiger partial charge in [0.2, 0.25) is 0 Å². The Labute approximate surface area is 184 Å². The van der Waals surface area contributed by atoms with Gasteiger partial charge in [0.05, 0.1) is 18.5 Å². The number of pyridine rings is 1. The highest BCUT2D eigenvalue weighted by Crippen LogP contribution is 2.28. The SMILES string of the molecule is Cc1cc(NC(=O)c2cnc3ccc(-c4ccccc4OC[C@H](O)CO)nn23)cc(C)n1. The van der Waals surface area contributed by atoms with E-state index in [0.29, 0.717) is 28.3 Å².